The number of carbonyl (C=O) groups is 1. The maximum absolute atomic E-state index is 11.6. The highest BCUT2D eigenvalue weighted by molar-refractivity contribution is 5.74. The molecule has 20 heavy (non-hydrogen) atoms. The average molecular weight is 281 g/mol. The summed E-state index contributed by atoms with van der Waals surface area (Å²) in [4.78, 5) is 11.6. The molecule has 0 aliphatic carbocycles. The normalized spacial score (nSPS) is 13.9. The Morgan fingerprint density at radius 3 is 2.75 bits per heavy atom. The number of hydrogen-bond acceptors (Lipinski definition) is 6. The summed E-state index contributed by atoms with van der Waals surface area (Å²) in [5, 5.41) is 0. The Bertz CT molecular complexity index is 489. The maximum atomic E-state index is 11.6. The lowest BCUT2D eigenvalue weighted by atomic mass is 10.1. The number of ether oxygens (including phenoxy) is 4. The van der Waals surface area contributed by atoms with Gasteiger partial charge in [-0.05, 0) is 38.4 Å². The first-order valence-electron chi connectivity index (χ1n) is 6.61. The van der Waals surface area contributed by atoms with E-state index in [4.69, 9.17) is 24.7 Å². The monoisotopic (exact) mass is 281 g/mol. The summed E-state index contributed by atoms with van der Waals surface area (Å²) in [5.74, 6) is 1.45. The Balaban J connectivity index is 2.19. The second-order valence-electron chi connectivity index (χ2n) is 4.36. The van der Waals surface area contributed by atoms with Crippen LogP contribution in [0.2, 0.25) is 0 Å². The Morgan fingerprint density at radius 2 is 2.10 bits per heavy atom. The fraction of sp³-hybridized carbons (Fsp3) is 0.500. The van der Waals surface area contributed by atoms with Crippen LogP contribution in [-0.4, -0.2) is 32.0 Å². The van der Waals surface area contributed by atoms with Crippen LogP contribution in [-0.2, 0) is 16.0 Å². The van der Waals surface area contributed by atoms with Crippen LogP contribution < -0.4 is 19.9 Å². The fourth-order valence-corrected chi connectivity index (χ4v) is 1.92. The standard InChI is InChI=1S/C14H19NO5/c1-3-17-14(16)9(2)20-11-7-13-12(18-8-19-13)6-10(11)4-5-15/h6-7,9H,3-5,8,15H2,1-2H3. The lowest BCUT2D eigenvalue weighted by Crippen LogP contribution is -2.26. The second kappa shape index (κ2) is 6.47. The minimum atomic E-state index is -0.688. The molecule has 6 heteroatoms. The van der Waals surface area contributed by atoms with Crippen LogP contribution in [0.5, 0.6) is 17.2 Å². The van der Waals surface area contributed by atoms with Crippen LogP contribution in [0.15, 0.2) is 12.1 Å². The molecule has 1 atom stereocenters. The third-order valence-corrected chi connectivity index (χ3v) is 2.89. The summed E-state index contributed by atoms with van der Waals surface area (Å²) in [6.45, 7) is 4.39. The Hall–Kier alpha value is -1.95. The van der Waals surface area contributed by atoms with Gasteiger partial charge >= 0.3 is 5.97 Å². The van der Waals surface area contributed by atoms with Crippen molar-refractivity contribution in [3.8, 4) is 17.2 Å². The number of hydrogen-bond donors (Lipinski definition) is 1. The van der Waals surface area contributed by atoms with Crippen LogP contribution in [0.4, 0.5) is 0 Å². The van der Waals surface area contributed by atoms with Gasteiger partial charge in [0.25, 0.3) is 0 Å². The zero-order valence-corrected chi connectivity index (χ0v) is 11.7. The molecule has 0 spiro atoms. The molecule has 1 aliphatic rings. The van der Waals surface area contributed by atoms with Crippen molar-refractivity contribution in [3.63, 3.8) is 0 Å². The first-order valence-corrected chi connectivity index (χ1v) is 6.61. The van der Waals surface area contributed by atoms with E-state index in [0.29, 0.717) is 36.8 Å². The molecule has 110 valence electrons. The number of nitrogens with two attached hydrogens (primary N) is 1. The summed E-state index contributed by atoms with van der Waals surface area (Å²) in [5.41, 5.74) is 6.48. The van der Waals surface area contributed by atoms with Gasteiger partial charge in [-0.25, -0.2) is 4.79 Å². The van der Waals surface area contributed by atoms with Crippen molar-refractivity contribution >= 4 is 5.97 Å². The molecule has 2 rings (SSSR count). The topological polar surface area (TPSA) is 80.0 Å². The van der Waals surface area contributed by atoms with Crippen LogP contribution >= 0.6 is 0 Å². The molecule has 1 heterocycles. The van der Waals surface area contributed by atoms with Crippen molar-refractivity contribution in [2.45, 2.75) is 26.4 Å². The number of fused-ring (bicyclic) bond motifs is 1. The van der Waals surface area contributed by atoms with Crippen LogP contribution in [0.3, 0.4) is 0 Å². The lowest BCUT2D eigenvalue weighted by molar-refractivity contribution is -0.150. The maximum Gasteiger partial charge on any atom is 0.347 e. The summed E-state index contributed by atoms with van der Waals surface area (Å²) < 4.78 is 21.2. The fourth-order valence-electron chi connectivity index (χ4n) is 1.92. The molecular weight excluding hydrogens is 262 g/mol. The number of carbonyl (C=O) groups excluding carboxylic acids is 1. The van der Waals surface area contributed by atoms with Crippen LogP contribution in [0.1, 0.15) is 19.4 Å². The molecule has 0 aromatic heterocycles. The van der Waals surface area contributed by atoms with Crippen molar-refractivity contribution < 1.29 is 23.7 Å². The van der Waals surface area contributed by atoms with Crippen molar-refractivity contribution in [2.24, 2.45) is 5.73 Å². The third-order valence-electron chi connectivity index (χ3n) is 2.89. The van der Waals surface area contributed by atoms with Gasteiger partial charge in [-0.3, -0.25) is 0 Å². The Labute approximate surface area is 117 Å². The number of rotatable bonds is 6. The first kappa shape index (κ1) is 14.5. The molecule has 6 nitrogen and oxygen atoms in total. The van der Waals surface area contributed by atoms with E-state index in [1.807, 2.05) is 6.07 Å². The molecule has 1 aromatic carbocycles. The molecule has 0 saturated carbocycles. The van der Waals surface area contributed by atoms with E-state index in [1.54, 1.807) is 19.9 Å². The van der Waals surface area contributed by atoms with Gasteiger partial charge in [0.1, 0.15) is 5.75 Å². The van der Waals surface area contributed by atoms with Crippen molar-refractivity contribution in [3.05, 3.63) is 17.7 Å². The molecule has 1 unspecified atom stereocenters. The van der Waals surface area contributed by atoms with Gasteiger partial charge in [0.2, 0.25) is 6.79 Å². The smallest absolute Gasteiger partial charge is 0.347 e. The number of esters is 1. The molecular formula is C14H19NO5. The largest absolute Gasteiger partial charge is 0.479 e. The van der Waals surface area contributed by atoms with Gasteiger partial charge < -0.3 is 24.7 Å². The van der Waals surface area contributed by atoms with E-state index < -0.39 is 12.1 Å². The third kappa shape index (κ3) is 3.14. The van der Waals surface area contributed by atoms with Gasteiger partial charge in [0, 0.05) is 6.07 Å². The van der Waals surface area contributed by atoms with Gasteiger partial charge in [-0.2, -0.15) is 0 Å². The summed E-state index contributed by atoms with van der Waals surface area (Å²) >= 11 is 0. The van der Waals surface area contributed by atoms with E-state index in [9.17, 15) is 4.79 Å². The molecule has 0 radical (unpaired) electrons. The number of benzene rings is 1. The summed E-state index contributed by atoms with van der Waals surface area (Å²) in [6.07, 6.45) is -0.0616. The molecule has 0 saturated heterocycles. The SMILES string of the molecule is CCOC(=O)C(C)Oc1cc2c(cc1CCN)OCO2. The molecule has 0 fully saturated rings. The quantitative estimate of drug-likeness (QED) is 0.790. The van der Waals surface area contributed by atoms with Gasteiger partial charge in [0.05, 0.1) is 6.61 Å². The average Bonchev–Trinajstić information content (AvgIpc) is 2.86. The Kier molecular flexibility index (Phi) is 4.68. The van der Waals surface area contributed by atoms with E-state index in [1.165, 1.54) is 0 Å². The van der Waals surface area contributed by atoms with E-state index in [0.717, 1.165) is 5.56 Å². The lowest BCUT2D eigenvalue weighted by Gasteiger charge is -2.16. The summed E-state index contributed by atoms with van der Waals surface area (Å²) in [6, 6.07) is 3.56. The molecule has 2 N–H and O–H groups in total. The van der Waals surface area contributed by atoms with Crippen LogP contribution in [0, 0.1) is 0 Å². The van der Waals surface area contributed by atoms with E-state index in [-0.39, 0.29) is 6.79 Å². The summed E-state index contributed by atoms with van der Waals surface area (Å²) in [7, 11) is 0. The van der Waals surface area contributed by atoms with Crippen molar-refractivity contribution in [1.82, 2.24) is 0 Å². The van der Waals surface area contributed by atoms with E-state index in [2.05, 4.69) is 0 Å². The van der Waals surface area contributed by atoms with Crippen molar-refractivity contribution in [2.75, 3.05) is 19.9 Å². The Morgan fingerprint density at radius 1 is 1.40 bits per heavy atom. The van der Waals surface area contributed by atoms with Crippen LogP contribution in [0.25, 0.3) is 0 Å². The molecule has 1 aromatic rings. The second-order valence-corrected chi connectivity index (χ2v) is 4.36. The van der Waals surface area contributed by atoms with Gasteiger partial charge in [0.15, 0.2) is 17.6 Å². The highest BCUT2D eigenvalue weighted by Gasteiger charge is 2.21. The van der Waals surface area contributed by atoms with E-state index >= 15 is 0 Å². The van der Waals surface area contributed by atoms with Gasteiger partial charge in [-0.15, -0.1) is 0 Å². The van der Waals surface area contributed by atoms with Gasteiger partial charge in [-0.1, -0.05) is 0 Å². The first-order chi connectivity index (χ1) is 9.65. The predicted octanol–water partition coefficient (Wildman–Crippen LogP) is 1.25. The minimum Gasteiger partial charge on any atom is -0.479 e. The highest BCUT2D eigenvalue weighted by atomic mass is 16.7. The predicted molar refractivity (Wildman–Crippen MR) is 72.0 cm³/mol. The zero-order chi connectivity index (χ0) is 14.5. The minimum absolute atomic E-state index is 0.189. The van der Waals surface area contributed by atoms with Crippen molar-refractivity contribution in [1.29, 1.82) is 0 Å². The molecule has 0 amide bonds. The molecule has 0 bridgehead atoms. The highest BCUT2D eigenvalue weighted by Crippen LogP contribution is 2.38. The molecule has 1 aliphatic heterocycles. The zero-order valence-electron chi connectivity index (χ0n) is 11.7.